The minimum atomic E-state index is -1.31. The van der Waals surface area contributed by atoms with Crippen LogP contribution in [0.1, 0.15) is 53.6 Å². The largest absolute Gasteiger partial charge is 0.390 e. The number of pyridine rings is 1. The van der Waals surface area contributed by atoms with Gasteiger partial charge in [-0.15, -0.1) is 11.8 Å². The van der Waals surface area contributed by atoms with Gasteiger partial charge in [0, 0.05) is 21.6 Å². The minimum Gasteiger partial charge on any atom is -0.390 e. The number of benzene rings is 3. The fourth-order valence-corrected chi connectivity index (χ4v) is 5.82. The van der Waals surface area contributed by atoms with E-state index in [1.54, 1.807) is 36.4 Å². The van der Waals surface area contributed by atoms with Crippen LogP contribution in [0.25, 0.3) is 10.9 Å². The zero-order valence-corrected chi connectivity index (χ0v) is 26.8. The fraction of sp³-hybridized carbons (Fsp3) is 0.286. The van der Waals surface area contributed by atoms with E-state index in [-0.39, 0.29) is 23.8 Å². The molecule has 1 aromatic heterocycles. The molecule has 0 unspecified atom stereocenters. The Balaban J connectivity index is 1.51. The summed E-state index contributed by atoms with van der Waals surface area (Å²) in [7, 11) is 0. The molecule has 10 nitrogen and oxygen atoms in total. The van der Waals surface area contributed by atoms with E-state index >= 15 is 0 Å². The number of aliphatic hydroxyl groups excluding tert-OH is 1. The van der Waals surface area contributed by atoms with Gasteiger partial charge in [-0.25, -0.2) is 4.98 Å². The van der Waals surface area contributed by atoms with Crippen LogP contribution in [-0.4, -0.2) is 63.2 Å². The van der Waals surface area contributed by atoms with E-state index in [2.05, 4.69) is 20.9 Å². The molecule has 0 spiro atoms. The monoisotopic (exact) mass is 641 g/mol. The van der Waals surface area contributed by atoms with E-state index in [4.69, 9.17) is 5.73 Å². The molecule has 0 aliphatic carbocycles. The lowest BCUT2D eigenvalue weighted by molar-refractivity contribution is -0.128. The van der Waals surface area contributed by atoms with Gasteiger partial charge < -0.3 is 26.8 Å². The Morgan fingerprint density at radius 2 is 1.52 bits per heavy atom. The summed E-state index contributed by atoms with van der Waals surface area (Å²) in [5.41, 5.74) is 7.04. The Hall–Kier alpha value is -4.74. The number of thioether (sulfide) groups is 1. The third kappa shape index (κ3) is 9.88. The van der Waals surface area contributed by atoms with E-state index < -0.39 is 47.9 Å². The van der Waals surface area contributed by atoms with Crippen molar-refractivity contribution in [2.45, 2.75) is 62.2 Å². The lowest BCUT2D eigenvalue weighted by Crippen LogP contribution is -2.54. The molecule has 1 heterocycles. The first-order chi connectivity index (χ1) is 21.9. The van der Waals surface area contributed by atoms with Crippen LogP contribution in [0.4, 0.5) is 0 Å². The fourth-order valence-electron chi connectivity index (χ4n) is 4.75. The molecular weight excluding hydrogens is 602 g/mol. The van der Waals surface area contributed by atoms with E-state index in [1.807, 2.05) is 69.3 Å². The third-order valence-corrected chi connectivity index (χ3v) is 8.15. The van der Waals surface area contributed by atoms with Gasteiger partial charge in [0.1, 0.15) is 11.7 Å². The summed E-state index contributed by atoms with van der Waals surface area (Å²) in [5.74, 6) is -2.19. The molecule has 0 saturated carbocycles. The summed E-state index contributed by atoms with van der Waals surface area (Å²) in [6.07, 6.45) is -1.26. The highest BCUT2D eigenvalue weighted by atomic mass is 32.2. The topological polar surface area (TPSA) is 164 Å². The molecule has 0 aliphatic rings. The van der Waals surface area contributed by atoms with E-state index in [0.717, 1.165) is 10.9 Å². The van der Waals surface area contributed by atoms with Gasteiger partial charge >= 0.3 is 0 Å². The van der Waals surface area contributed by atoms with Crippen LogP contribution in [0.5, 0.6) is 0 Å². The SMILES string of the molecule is CC(C)(C)NC(=O)c1ccccc1SC[C@H](O)[C@H](Cc1ccccc1)NC(=O)[C@H](CC(N)=O)NC(=O)c1ccc2ccccc2n1. The maximum atomic E-state index is 13.6. The van der Waals surface area contributed by atoms with Crippen LogP contribution >= 0.6 is 11.8 Å². The lowest BCUT2D eigenvalue weighted by atomic mass is 10.0. The molecule has 0 fully saturated rings. The second-order valence-corrected chi connectivity index (χ2v) is 13.0. The van der Waals surface area contributed by atoms with E-state index in [1.165, 1.54) is 17.8 Å². The van der Waals surface area contributed by atoms with Crippen LogP contribution in [0.15, 0.2) is 95.9 Å². The number of para-hydroxylation sites is 1. The van der Waals surface area contributed by atoms with Crippen molar-refractivity contribution in [1.29, 1.82) is 0 Å². The number of aromatic nitrogens is 1. The van der Waals surface area contributed by atoms with Crippen LogP contribution in [0.2, 0.25) is 0 Å². The number of carbonyl (C=O) groups is 4. The average Bonchev–Trinajstić information content (AvgIpc) is 3.02. The molecule has 0 bridgehead atoms. The van der Waals surface area contributed by atoms with Crippen molar-refractivity contribution < 1.29 is 24.3 Å². The Kier molecular flexibility index (Phi) is 11.5. The number of fused-ring (bicyclic) bond motifs is 1. The number of carbonyl (C=O) groups excluding carboxylic acids is 4. The van der Waals surface area contributed by atoms with Crippen molar-refractivity contribution in [3.05, 3.63) is 108 Å². The smallest absolute Gasteiger partial charge is 0.270 e. The summed E-state index contributed by atoms with van der Waals surface area (Å²) in [4.78, 5) is 56.7. The highest BCUT2D eigenvalue weighted by Crippen LogP contribution is 2.25. The van der Waals surface area contributed by atoms with Gasteiger partial charge in [0.05, 0.1) is 29.6 Å². The predicted octanol–water partition coefficient (Wildman–Crippen LogP) is 3.62. The number of nitrogens with two attached hydrogens (primary N) is 1. The van der Waals surface area contributed by atoms with E-state index in [0.29, 0.717) is 16.0 Å². The zero-order chi connectivity index (χ0) is 33.3. The van der Waals surface area contributed by atoms with Gasteiger partial charge in [0.15, 0.2) is 0 Å². The maximum absolute atomic E-state index is 13.6. The van der Waals surface area contributed by atoms with Crippen molar-refractivity contribution in [3.63, 3.8) is 0 Å². The molecular formula is C35H39N5O5S. The molecule has 4 rings (SSSR count). The van der Waals surface area contributed by atoms with Crippen LogP contribution in [-0.2, 0) is 16.0 Å². The summed E-state index contributed by atoms with van der Waals surface area (Å²) < 4.78 is 0. The van der Waals surface area contributed by atoms with Gasteiger partial charge in [0.25, 0.3) is 11.8 Å². The molecule has 240 valence electrons. The number of hydrogen-bond donors (Lipinski definition) is 5. The standard InChI is InChI=1S/C35H39N5O5S/c1-35(2,3)40-32(43)24-14-8-10-16-30(24)46-21-29(41)27(19-22-11-5-4-6-12-22)38-34(45)28(20-31(36)42)39-33(44)26-18-17-23-13-7-9-15-25(23)37-26/h4-18,27-29,41H,19-21H2,1-3H3,(H2,36,42)(H,38,45)(H,39,44)(H,40,43)/t27-,28-,29-/m0/s1. The van der Waals surface area contributed by atoms with Crippen molar-refractivity contribution >= 4 is 46.3 Å². The van der Waals surface area contributed by atoms with Crippen LogP contribution in [0, 0.1) is 0 Å². The highest BCUT2D eigenvalue weighted by Gasteiger charge is 2.29. The summed E-state index contributed by atoms with van der Waals surface area (Å²) in [6.45, 7) is 5.69. The first-order valence-corrected chi connectivity index (χ1v) is 15.9. The van der Waals surface area contributed by atoms with Gasteiger partial charge in [-0.1, -0.05) is 66.7 Å². The molecule has 46 heavy (non-hydrogen) atoms. The molecule has 0 saturated heterocycles. The number of nitrogens with zero attached hydrogens (tertiary/aromatic N) is 1. The zero-order valence-electron chi connectivity index (χ0n) is 26.0. The number of rotatable bonds is 13. The number of aliphatic hydroxyl groups is 1. The maximum Gasteiger partial charge on any atom is 0.270 e. The average molecular weight is 642 g/mol. The molecule has 0 radical (unpaired) electrons. The molecule has 4 amide bonds. The molecule has 3 atom stereocenters. The Bertz CT molecular complexity index is 1690. The summed E-state index contributed by atoms with van der Waals surface area (Å²) in [5, 5.41) is 20.6. The van der Waals surface area contributed by atoms with Gasteiger partial charge in [-0.3, -0.25) is 19.2 Å². The van der Waals surface area contributed by atoms with E-state index in [9.17, 15) is 24.3 Å². The van der Waals surface area contributed by atoms with Gasteiger partial charge in [-0.05, 0) is 57.0 Å². The number of amides is 4. The normalized spacial score (nSPS) is 13.3. The van der Waals surface area contributed by atoms with Crippen molar-refractivity contribution in [2.75, 3.05) is 5.75 Å². The van der Waals surface area contributed by atoms with Crippen molar-refractivity contribution in [1.82, 2.24) is 20.9 Å². The number of primary amides is 1. The number of nitrogens with one attached hydrogen (secondary N) is 3. The molecule has 4 aromatic rings. The molecule has 6 N–H and O–H groups in total. The second kappa shape index (κ2) is 15.5. The Morgan fingerprint density at radius 1 is 0.848 bits per heavy atom. The highest BCUT2D eigenvalue weighted by molar-refractivity contribution is 7.99. The quantitative estimate of drug-likeness (QED) is 0.139. The van der Waals surface area contributed by atoms with Crippen LogP contribution < -0.4 is 21.7 Å². The van der Waals surface area contributed by atoms with Crippen LogP contribution in [0.3, 0.4) is 0 Å². The van der Waals surface area contributed by atoms with Crippen molar-refractivity contribution in [2.24, 2.45) is 5.73 Å². The predicted molar refractivity (Wildman–Crippen MR) is 179 cm³/mol. The molecule has 11 heteroatoms. The summed E-state index contributed by atoms with van der Waals surface area (Å²) in [6, 6.07) is 24.9. The first-order valence-electron chi connectivity index (χ1n) is 14.9. The molecule has 0 aliphatic heterocycles. The second-order valence-electron chi connectivity index (χ2n) is 12.0. The summed E-state index contributed by atoms with van der Waals surface area (Å²) >= 11 is 1.29. The number of hydrogen-bond acceptors (Lipinski definition) is 7. The van der Waals surface area contributed by atoms with Crippen molar-refractivity contribution in [3.8, 4) is 0 Å². The van der Waals surface area contributed by atoms with Gasteiger partial charge in [0.2, 0.25) is 11.8 Å². The lowest BCUT2D eigenvalue weighted by Gasteiger charge is -2.27. The first kappa shape index (κ1) is 34.1. The molecule has 3 aromatic carbocycles. The minimum absolute atomic E-state index is 0.0763. The third-order valence-electron chi connectivity index (χ3n) is 6.98. The van der Waals surface area contributed by atoms with Gasteiger partial charge in [-0.2, -0.15) is 0 Å². The Morgan fingerprint density at radius 3 is 2.24 bits per heavy atom. The Labute approximate surface area is 272 Å².